The fourth-order valence-electron chi connectivity index (χ4n) is 3.16. The number of hydrogen-bond donors (Lipinski definition) is 2. The lowest BCUT2D eigenvalue weighted by atomic mass is 9.88. The molecule has 4 atom stereocenters. The molecule has 0 aromatic heterocycles. The van der Waals surface area contributed by atoms with Gasteiger partial charge in [0.1, 0.15) is 11.9 Å². The maximum atomic E-state index is 12.7. The zero-order valence-electron chi connectivity index (χ0n) is 14.3. The molecule has 0 radical (unpaired) electrons. The molecule has 1 fully saturated rings. The molecule has 0 heterocycles. The number of aliphatic hydroxyl groups is 1. The van der Waals surface area contributed by atoms with Crippen LogP contribution in [-0.2, 0) is 4.79 Å². The van der Waals surface area contributed by atoms with Crippen LogP contribution in [0.4, 0.5) is 4.39 Å². The number of aliphatic hydroxyl groups excluding tert-OH is 1. The van der Waals surface area contributed by atoms with Gasteiger partial charge < -0.3 is 20.7 Å². The highest BCUT2D eigenvalue weighted by molar-refractivity contribution is 5.70. The predicted molar refractivity (Wildman–Crippen MR) is 90.6 cm³/mol. The van der Waals surface area contributed by atoms with Crippen molar-refractivity contribution in [2.45, 2.75) is 37.8 Å². The molecule has 4 nitrogen and oxygen atoms in total. The Labute approximate surface area is 147 Å². The number of hydrogen-bond acceptors (Lipinski definition) is 3. The summed E-state index contributed by atoms with van der Waals surface area (Å²) >= 11 is 0. The summed E-state index contributed by atoms with van der Waals surface area (Å²) in [6.45, 7) is 2.09. The summed E-state index contributed by atoms with van der Waals surface area (Å²) in [7, 11) is 0. The molecule has 4 N–H and O–H groups in total. The molecule has 5 heteroatoms. The van der Waals surface area contributed by atoms with E-state index >= 15 is 0 Å². The maximum absolute atomic E-state index is 12.7. The first-order valence-corrected chi connectivity index (χ1v) is 8.42. The lowest BCUT2D eigenvalue weighted by molar-refractivity contribution is -0.420. The van der Waals surface area contributed by atoms with E-state index in [9.17, 15) is 19.4 Å². The third-order valence-electron chi connectivity index (χ3n) is 4.55. The van der Waals surface area contributed by atoms with Crippen LogP contribution in [0.25, 0.3) is 0 Å². The first kappa shape index (κ1) is 19.1. The van der Waals surface area contributed by atoms with Crippen LogP contribution in [0.2, 0.25) is 0 Å². The Bertz CT molecular complexity index is 673. The first-order chi connectivity index (χ1) is 11.9. The Kier molecular flexibility index (Phi) is 6.67. The number of carboxylic acids is 1. The number of carboxylic acid groups (broad SMARTS) is 1. The van der Waals surface area contributed by atoms with Crippen molar-refractivity contribution in [2.75, 3.05) is 0 Å². The van der Waals surface area contributed by atoms with Crippen LogP contribution in [0.5, 0.6) is 0 Å². The number of halogens is 1. The number of rotatable bonds is 3. The SMILES string of the molecule is C[C@@H]([NH3+])c1ccccc1.O=C([O-])[C@@H]1CC[C@H](O)[C@H]1c1ccc(F)cc1. The lowest BCUT2D eigenvalue weighted by Crippen LogP contribution is -2.51. The van der Waals surface area contributed by atoms with Gasteiger partial charge in [0.25, 0.3) is 0 Å². The molecular weight excluding hydrogens is 321 g/mol. The molecule has 2 aromatic carbocycles. The number of aliphatic carboxylic acids is 1. The summed E-state index contributed by atoms with van der Waals surface area (Å²) in [5, 5.41) is 20.6. The largest absolute Gasteiger partial charge is 0.550 e. The van der Waals surface area contributed by atoms with Crippen LogP contribution in [0, 0.1) is 11.7 Å². The van der Waals surface area contributed by atoms with Gasteiger partial charge in [-0.1, -0.05) is 42.5 Å². The van der Waals surface area contributed by atoms with Gasteiger partial charge in [0.15, 0.2) is 0 Å². The molecule has 0 unspecified atom stereocenters. The summed E-state index contributed by atoms with van der Waals surface area (Å²) in [6.07, 6.45) is 0.167. The van der Waals surface area contributed by atoms with Crippen molar-refractivity contribution in [1.82, 2.24) is 0 Å². The molecule has 3 rings (SSSR count). The first-order valence-electron chi connectivity index (χ1n) is 8.42. The average molecular weight is 345 g/mol. The Balaban J connectivity index is 0.000000212. The minimum Gasteiger partial charge on any atom is -0.550 e. The van der Waals surface area contributed by atoms with Gasteiger partial charge in [0.2, 0.25) is 0 Å². The molecule has 25 heavy (non-hydrogen) atoms. The molecule has 0 aliphatic heterocycles. The van der Waals surface area contributed by atoms with E-state index in [2.05, 4.69) is 24.8 Å². The molecule has 134 valence electrons. The average Bonchev–Trinajstić information content (AvgIpc) is 2.99. The fourth-order valence-corrected chi connectivity index (χ4v) is 3.16. The minimum absolute atomic E-state index is 0.374. The van der Waals surface area contributed by atoms with Gasteiger partial charge in [-0.15, -0.1) is 0 Å². The standard InChI is InChI=1S/C12H13FO3.C8H11N/c13-8-3-1-7(2-4-8)11-9(12(15)16)5-6-10(11)14;1-7(9)8-5-3-2-4-6-8/h1-4,9-11,14H,5-6H2,(H,15,16);2-7H,9H2,1H3/t9-,10+,11+;7-/m11/s1. The van der Waals surface area contributed by atoms with Gasteiger partial charge in [-0.25, -0.2) is 4.39 Å². The van der Waals surface area contributed by atoms with Crippen molar-refractivity contribution < 1.29 is 25.1 Å². The molecule has 0 amide bonds. The number of benzene rings is 2. The molecule has 2 aromatic rings. The van der Waals surface area contributed by atoms with Gasteiger partial charge in [0.05, 0.1) is 6.10 Å². The maximum Gasteiger partial charge on any atom is 0.123 e. The highest BCUT2D eigenvalue weighted by atomic mass is 19.1. The van der Waals surface area contributed by atoms with Gasteiger partial charge >= 0.3 is 0 Å². The van der Waals surface area contributed by atoms with Crippen LogP contribution in [0.3, 0.4) is 0 Å². The van der Waals surface area contributed by atoms with Gasteiger partial charge in [-0.05, 0) is 37.5 Å². The van der Waals surface area contributed by atoms with E-state index in [1.165, 1.54) is 29.8 Å². The number of carbonyl (C=O) groups is 1. The fraction of sp³-hybridized carbons (Fsp3) is 0.350. The highest BCUT2D eigenvalue weighted by Gasteiger charge is 2.36. The summed E-state index contributed by atoms with van der Waals surface area (Å²) in [5.41, 5.74) is 5.87. The Morgan fingerprint density at radius 1 is 1.16 bits per heavy atom. The lowest BCUT2D eigenvalue weighted by Gasteiger charge is -2.23. The molecule has 0 bridgehead atoms. The zero-order valence-corrected chi connectivity index (χ0v) is 14.3. The van der Waals surface area contributed by atoms with E-state index < -0.39 is 23.9 Å². The molecule has 1 aliphatic rings. The third-order valence-corrected chi connectivity index (χ3v) is 4.55. The summed E-state index contributed by atoms with van der Waals surface area (Å²) in [5.74, 6) is -2.68. The van der Waals surface area contributed by atoms with Crippen LogP contribution in [-0.4, -0.2) is 17.2 Å². The molecule has 1 aliphatic carbocycles. The van der Waals surface area contributed by atoms with Crippen molar-refractivity contribution in [1.29, 1.82) is 0 Å². The van der Waals surface area contributed by atoms with Crippen LogP contribution in [0.15, 0.2) is 54.6 Å². The highest BCUT2D eigenvalue weighted by Crippen LogP contribution is 2.39. The molecule has 0 spiro atoms. The zero-order chi connectivity index (χ0) is 18.4. The van der Waals surface area contributed by atoms with Gasteiger partial charge in [-0.2, -0.15) is 0 Å². The third kappa shape index (κ3) is 5.11. The van der Waals surface area contributed by atoms with Crippen LogP contribution >= 0.6 is 0 Å². The van der Waals surface area contributed by atoms with E-state index in [-0.39, 0.29) is 5.82 Å². The van der Waals surface area contributed by atoms with Crippen molar-refractivity contribution >= 4 is 5.97 Å². The van der Waals surface area contributed by atoms with Crippen LogP contribution in [0.1, 0.15) is 42.9 Å². The van der Waals surface area contributed by atoms with E-state index in [4.69, 9.17) is 0 Å². The summed E-state index contributed by atoms with van der Waals surface area (Å²) < 4.78 is 12.7. The van der Waals surface area contributed by atoms with Crippen molar-refractivity contribution in [3.8, 4) is 0 Å². The van der Waals surface area contributed by atoms with Crippen molar-refractivity contribution in [2.24, 2.45) is 5.92 Å². The quantitative estimate of drug-likeness (QED) is 0.882. The predicted octanol–water partition coefficient (Wildman–Crippen LogP) is 1.42. The van der Waals surface area contributed by atoms with E-state index in [1.807, 2.05) is 18.2 Å². The van der Waals surface area contributed by atoms with E-state index in [0.29, 0.717) is 24.4 Å². The number of carbonyl (C=O) groups excluding carboxylic acids is 1. The second kappa shape index (κ2) is 8.74. The van der Waals surface area contributed by atoms with Crippen molar-refractivity contribution in [3.05, 3.63) is 71.5 Å². The second-order valence-electron chi connectivity index (χ2n) is 6.46. The summed E-state index contributed by atoms with van der Waals surface area (Å²) in [4.78, 5) is 10.9. The molecule has 0 saturated heterocycles. The van der Waals surface area contributed by atoms with Crippen LogP contribution < -0.4 is 10.8 Å². The summed E-state index contributed by atoms with van der Waals surface area (Å²) in [6, 6.07) is 16.3. The van der Waals surface area contributed by atoms with Gasteiger partial charge in [-0.3, -0.25) is 0 Å². The van der Waals surface area contributed by atoms with E-state index in [1.54, 1.807) is 0 Å². The second-order valence-corrected chi connectivity index (χ2v) is 6.46. The Hall–Kier alpha value is -2.24. The topological polar surface area (TPSA) is 88.0 Å². The Morgan fingerprint density at radius 3 is 2.24 bits per heavy atom. The minimum atomic E-state index is -1.15. The smallest absolute Gasteiger partial charge is 0.123 e. The molecular formula is C20H24FNO3. The monoisotopic (exact) mass is 345 g/mol. The van der Waals surface area contributed by atoms with Gasteiger partial charge in [0, 0.05) is 23.4 Å². The van der Waals surface area contributed by atoms with E-state index in [0.717, 1.165) is 0 Å². The molecule has 1 saturated carbocycles. The normalized spacial score (nSPS) is 23.4. The Morgan fingerprint density at radius 2 is 1.76 bits per heavy atom. The van der Waals surface area contributed by atoms with Crippen molar-refractivity contribution in [3.63, 3.8) is 0 Å². The number of quaternary nitrogens is 1.